The molecule has 0 aliphatic rings. The molecule has 1 amide bonds. The lowest BCUT2D eigenvalue weighted by Gasteiger charge is -2.18. The van der Waals surface area contributed by atoms with Crippen molar-refractivity contribution in [3.8, 4) is 5.69 Å². The zero-order valence-corrected chi connectivity index (χ0v) is 16.2. The van der Waals surface area contributed by atoms with E-state index in [9.17, 15) is 23.9 Å². The summed E-state index contributed by atoms with van der Waals surface area (Å²) in [6.45, 7) is 0. The summed E-state index contributed by atoms with van der Waals surface area (Å²) < 4.78 is 14.4. The van der Waals surface area contributed by atoms with E-state index in [2.05, 4.69) is 10.4 Å². The van der Waals surface area contributed by atoms with Crippen LogP contribution in [0.5, 0.6) is 0 Å². The molecule has 0 aliphatic heterocycles. The summed E-state index contributed by atoms with van der Waals surface area (Å²) in [5.74, 6) is -2.45. The Bertz CT molecular complexity index is 1140. The van der Waals surface area contributed by atoms with Gasteiger partial charge in [-0.25, -0.2) is 9.07 Å². The third kappa shape index (κ3) is 4.85. The topological polar surface area (TPSA) is 104 Å². The van der Waals surface area contributed by atoms with Crippen molar-refractivity contribution in [2.24, 2.45) is 0 Å². The van der Waals surface area contributed by atoms with E-state index in [-0.39, 0.29) is 16.4 Å². The van der Waals surface area contributed by atoms with Crippen molar-refractivity contribution < 1.29 is 19.1 Å². The minimum absolute atomic E-state index is 0.132. The lowest BCUT2D eigenvalue weighted by molar-refractivity contribution is -0.137. The number of aliphatic carboxylic acids is 1. The zero-order chi connectivity index (χ0) is 21.1. The number of carboxylic acid groups (broad SMARTS) is 1. The van der Waals surface area contributed by atoms with Gasteiger partial charge in [-0.05, 0) is 42.0 Å². The van der Waals surface area contributed by atoms with Crippen LogP contribution in [0, 0.1) is 5.82 Å². The number of halogens is 3. The van der Waals surface area contributed by atoms with Crippen LogP contribution in [0.3, 0.4) is 0 Å². The van der Waals surface area contributed by atoms with E-state index in [1.807, 2.05) is 0 Å². The van der Waals surface area contributed by atoms with Gasteiger partial charge in [0.1, 0.15) is 11.5 Å². The van der Waals surface area contributed by atoms with Gasteiger partial charge in [-0.15, -0.1) is 0 Å². The van der Waals surface area contributed by atoms with E-state index in [4.69, 9.17) is 23.2 Å². The number of nitrogens with zero attached hydrogens (tertiary/aromatic N) is 1. The SMILES string of the molecule is O=C(O)CC(NC(=O)c1cc(=O)n(-c2cccc(F)c2)[nH]1)c1cc(Cl)ccc1Cl. The summed E-state index contributed by atoms with van der Waals surface area (Å²) in [6.07, 6.45) is -0.458. The van der Waals surface area contributed by atoms with Gasteiger partial charge in [0, 0.05) is 16.1 Å². The minimum Gasteiger partial charge on any atom is -0.481 e. The molecule has 3 N–H and O–H groups in total. The van der Waals surface area contributed by atoms with E-state index < -0.39 is 35.7 Å². The standard InChI is InChI=1S/C19H14Cl2FN3O4/c20-10-4-5-14(21)13(6-10)15(9-18(27)28)23-19(29)16-8-17(26)25(24-16)12-3-1-2-11(22)7-12/h1-8,15,24H,9H2,(H,23,29)(H,27,28). The summed E-state index contributed by atoms with van der Waals surface area (Å²) in [5, 5.41) is 14.8. The molecule has 150 valence electrons. The number of benzene rings is 2. The fourth-order valence-electron chi connectivity index (χ4n) is 2.75. The van der Waals surface area contributed by atoms with Crippen LogP contribution >= 0.6 is 23.2 Å². The van der Waals surface area contributed by atoms with Crippen molar-refractivity contribution in [2.45, 2.75) is 12.5 Å². The summed E-state index contributed by atoms with van der Waals surface area (Å²) >= 11 is 12.1. The lowest BCUT2D eigenvalue weighted by Crippen LogP contribution is -2.30. The fourth-order valence-corrected chi connectivity index (χ4v) is 3.18. The molecule has 1 heterocycles. The summed E-state index contributed by atoms with van der Waals surface area (Å²) in [4.78, 5) is 36.1. The minimum atomic E-state index is -1.17. The first-order valence-corrected chi connectivity index (χ1v) is 9.06. The smallest absolute Gasteiger partial charge is 0.305 e. The van der Waals surface area contributed by atoms with Crippen molar-refractivity contribution in [3.63, 3.8) is 0 Å². The molecule has 2 aromatic carbocycles. The Balaban J connectivity index is 1.91. The molecule has 1 atom stereocenters. The van der Waals surface area contributed by atoms with Crippen LogP contribution in [-0.2, 0) is 4.79 Å². The maximum Gasteiger partial charge on any atom is 0.305 e. The van der Waals surface area contributed by atoms with Gasteiger partial charge in [-0.3, -0.25) is 19.5 Å². The monoisotopic (exact) mass is 437 g/mol. The van der Waals surface area contributed by atoms with E-state index in [0.717, 1.165) is 16.8 Å². The first-order chi connectivity index (χ1) is 13.7. The van der Waals surface area contributed by atoms with Crippen molar-refractivity contribution in [3.05, 3.63) is 86.0 Å². The number of hydrogen-bond donors (Lipinski definition) is 3. The van der Waals surface area contributed by atoms with Crippen LogP contribution in [0.2, 0.25) is 10.0 Å². The molecular formula is C19H14Cl2FN3O4. The number of H-pyrrole nitrogens is 1. The van der Waals surface area contributed by atoms with E-state index >= 15 is 0 Å². The quantitative estimate of drug-likeness (QED) is 0.548. The molecule has 0 saturated heterocycles. The predicted octanol–water partition coefficient (Wildman–Crippen LogP) is 3.56. The van der Waals surface area contributed by atoms with E-state index in [1.165, 1.54) is 36.4 Å². The Morgan fingerprint density at radius 3 is 2.62 bits per heavy atom. The number of carbonyl (C=O) groups is 2. The van der Waals surface area contributed by atoms with Gasteiger partial charge in [0.2, 0.25) is 0 Å². The molecule has 3 rings (SSSR count). The van der Waals surface area contributed by atoms with E-state index in [0.29, 0.717) is 10.6 Å². The molecule has 7 nitrogen and oxygen atoms in total. The van der Waals surface area contributed by atoms with Gasteiger partial charge in [0.05, 0.1) is 18.2 Å². The second kappa shape index (κ2) is 8.50. The number of nitrogens with one attached hydrogen (secondary N) is 2. The largest absolute Gasteiger partial charge is 0.481 e. The summed E-state index contributed by atoms with van der Waals surface area (Å²) in [5.41, 5.74) is -0.194. The molecule has 0 spiro atoms. The van der Waals surface area contributed by atoms with Gasteiger partial charge in [0.25, 0.3) is 11.5 Å². The van der Waals surface area contributed by atoms with Crippen LogP contribution in [0.4, 0.5) is 4.39 Å². The zero-order valence-electron chi connectivity index (χ0n) is 14.7. The molecule has 3 aromatic rings. The fraction of sp³-hybridized carbons (Fsp3) is 0.105. The first-order valence-electron chi connectivity index (χ1n) is 8.30. The van der Waals surface area contributed by atoms with Gasteiger partial charge < -0.3 is 10.4 Å². The molecule has 1 aromatic heterocycles. The molecule has 29 heavy (non-hydrogen) atoms. The Morgan fingerprint density at radius 2 is 1.93 bits per heavy atom. The Hall–Kier alpha value is -3.10. The second-order valence-corrected chi connectivity index (χ2v) is 6.96. The lowest BCUT2D eigenvalue weighted by atomic mass is 10.0. The van der Waals surface area contributed by atoms with Gasteiger partial charge in [-0.2, -0.15) is 0 Å². The average Bonchev–Trinajstić information content (AvgIpc) is 3.05. The van der Waals surface area contributed by atoms with Crippen molar-refractivity contribution >= 4 is 35.1 Å². The van der Waals surface area contributed by atoms with Crippen LogP contribution in [0.1, 0.15) is 28.5 Å². The summed E-state index contributed by atoms with van der Waals surface area (Å²) in [7, 11) is 0. The highest BCUT2D eigenvalue weighted by Crippen LogP contribution is 2.28. The molecule has 0 bridgehead atoms. The maximum absolute atomic E-state index is 13.4. The number of amides is 1. The number of rotatable bonds is 6. The Labute approximate surface area is 173 Å². The summed E-state index contributed by atoms with van der Waals surface area (Å²) in [6, 6.07) is 9.76. The molecule has 1 unspecified atom stereocenters. The van der Waals surface area contributed by atoms with Crippen molar-refractivity contribution in [1.82, 2.24) is 15.1 Å². The van der Waals surface area contributed by atoms with Gasteiger partial charge in [0.15, 0.2) is 0 Å². The number of carbonyl (C=O) groups excluding carboxylic acids is 1. The number of aromatic nitrogens is 2. The molecule has 0 aliphatic carbocycles. The highest BCUT2D eigenvalue weighted by Gasteiger charge is 2.23. The van der Waals surface area contributed by atoms with Gasteiger partial charge in [-0.1, -0.05) is 29.3 Å². The first kappa shape index (κ1) is 20.6. The number of carboxylic acids is 1. The maximum atomic E-state index is 13.4. The van der Waals surface area contributed by atoms with E-state index in [1.54, 1.807) is 0 Å². The Morgan fingerprint density at radius 1 is 1.17 bits per heavy atom. The number of hydrogen-bond acceptors (Lipinski definition) is 3. The Kier molecular flexibility index (Phi) is 6.05. The normalized spacial score (nSPS) is 11.8. The molecule has 0 fully saturated rings. The van der Waals surface area contributed by atoms with Crippen LogP contribution < -0.4 is 10.9 Å². The second-order valence-electron chi connectivity index (χ2n) is 6.11. The molecule has 0 saturated carbocycles. The van der Waals surface area contributed by atoms with Crippen molar-refractivity contribution in [1.29, 1.82) is 0 Å². The molecule has 0 radical (unpaired) electrons. The third-order valence-corrected chi connectivity index (χ3v) is 4.63. The number of aromatic amines is 1. The van der Waals surface area contributed by atoms with Crippen LogP contribution in [-0.4, -0.2) is 26.8 Å². The average molecular weight is 438 g/mol. The van der Waals surface area contributed by atoms with Gasteiger partial charge >= 0.3 is 5.97 Å². The highest BCUT2D eigenvalue weighted by atomic mass is 35.5. The molecule has 10 heteroatoms. The van der Waals surface area contributed by atoms with Crippen LogP contribution in [0.25, 0.3) is 5.69 Å². The highest BCUT2D eigenvalue weighted by molar-refractivity contribution is 6.33. The predicted molar refractivity (Wildman–Crippen MR) is 105 cm³/mol. The molecular weight excluding hydrogens is 424 g/mol. The van der Waals surface area contributed by atoms with Crippen molar-refractivity contribution in [2.75, 3.05) is 0 Å². The third-order valence-electron chi connectivity index (χ3n) is 4.05. The van der Waals surface area contributed by atoms with Crippen LogP contribution in [0.15, 0.2) is 53.3 Å².